The number of hydrogen-bond donors (Lipinski definition) is 0. The van der Waals surface area contributed by atoms with Crippen LogP contribution in [-0.4, -0.2) is 32.5 Å². The van der Waals surface area contributed by atoms with Crippen molar-refractivity contribution in [2.45, 2.75) is 0 Å². The molecule has 1 saturated heterocycles. The fourth-order valence-electron chi connectivity index (χ4n) is 2.61. The predicted octanol–water partition coefficient (Wildman–Crippen LogP) is 4.72. The third-order valence-electron chi connectivity index (χ3n) is 3.91. The van der Waals surface area contributed by atoms with E-state index in [4.69, 9.17) is 14.2 Å². The van der Waals surface area contributed by atoms with Crippen molar-refractivity contribution in [1.29, 1.82) is 0 Å². The number of benzene rings is 2. The summed E-state index contributed by atoms with van der Waals surface area (Å²) >= 11 is 4.33. The summed E-state index contributed by atoms with van der Waals surface area (Å²) in [6.07, 6.45) is 1.65. The fraction of sp³-hybridized carbons (Fsp3) is 0.158. The molecule has 0 aromatic heterocycles. The summed E-state index contributed by atoms with van der Waals surface area (Å²) in [6, 6.07) is 10.4. The van der Waals surface area contributed by atoms with Crippen LogP contribution in [0.5, 0.6) is 17.2 Å². The normalized spacial score (nSPS) is 15.4. The van der Waals surface area contributed by atoms with Gasteiger partial charge in [0.05, 0.1) is 31.9 Å². The number of amides is 2. The number of thioether (sulfide) groups is 1. The first-order valence-corrected chi connectivity index (χ1v) is 9.43. The largest absolute Gasteiger partial charge is 0.495 e. The molecule has 0 spiro atoms. The molecule has 8 heteroatoms. The molecule has 1 heterocycles. The second-order valence-electron chi connectivity index (χ2n) is 5.42. The Hall–Kier alpha value is -2.45. The number of imide groups is 1. The number of anilines is 1. The van der Waals surface area contributed by atoms with E-state index in [9.17, 15) is 9.59 Å². The van der Waals surface area contributed by atoms with Crippen molar-refractivity contribution in [3.8, 4) is 17.2 Å². The zero-order valence-corrected chi connectivity index (χ0v) is 17.2. The van der Waals surface area contributed by atoms with E-state index in [1.165, 1.54) is 14.2 Å². The first-order valence-electron chi connectivity index (χ1n) is 7.82. The maximum atomic E-state index is 12.9. The number of rotatable bonds is 5. The highest BCUT2D eigenvalue weighted by molar-refractivity contribution is 9.10. The van der Waals surface area contributed by atoms with Gasteiger partial charge in [-0.25, -0.2) is 4.90 Å². The third-order valence-corrected chi connectivity index (χ3v) is 5.47. The molecule has 2 amide bonds. The second-order valence-corrected chi connectivity index (χ2v) is 7.27. The number of nitrogens with zero attached hydrogens (tertiary/aromatic N) is 1. The van der Waals surface area contributed by atoms with Gasteiger partial charge in [-0.05, 0) is 47.7 Å². The summed E-state index contributed by atoms with van der Waals surface area (Å²) in [4.78, 5) is 26.8. The van der Waals surface area contributed by atoms with E-state index >= 15 is 0 Å². The van der Waals surface area contributed by atoms with Crippen LogP contribution in [0, 0.1) is 0 Å². The summed E-state index contributed by atoms with van der Waals surface area (Å²) in [6.45, 7) is 0. The first-order chi connectivity index (χ1) is 13.0. The lowest BCUT2D eigenvalue weighted by atomic mass is 10.1. The minimum absolute atomic E-state index is 0.304. The summed E-state index contributed by atoms with van der Waals surface area (Å²) in [5.41, 5.74) is 1.11. The predicted molar refractivity (Wildman–Crippen MR) is 109 cm³/mol. The molecule has 3 rings (SSSR count). The van der Waals surface area contributed by atoms with Crippen LogP contribution < -0.4 is 19.1 Å². The molecule has 2 aromatic carbocycles. The highest BCUT2D eigenvalue weighted by atomic mass is 79.9. The van der Waals surface area contributed by atoms with Crippen LogP contribution in [0.3, 0.4) is 0 Å². The van der Waals surface area contributed by atoms with Crippen LogP contribution in [0.4, 0.5) is 10.5 Å². The summed E-state index contributed by atoms with van der Waals surface area (Å²) in [5, 5.41) is -0.382. The monoisotopic (exact) mass is 449 g/mol. The van der Waals surface area contributed by atoms with Crippen LogP contribution in [0.25, 0.3) is 6.08 Å². The molecular formula is C19H16BrNO5S. The topological polar surface area (TPSA) is 65.1 Å². The number of methoxy groups -OCH3 is 3. The molecule has 0 bridgehead atoms. The van der Waals surface area contributed by atoms with E-state index in [2.05, 4.69) is 15.9 Å². The van der Waals surface area contributed by atoms with Crippen molar-refractivity contribution in [3.63, 3.8) is 0 Å². The van der Waals surface area contributed by atoms with Gasteiger partial charge in [-0.1, -0.05) is 28.1 Å². The molecular weight excluding hydrogens is 434 g/mol. The molecule has 6 nitrogen and oxygen atoms in total. The van der Waals surface area contributed by atoms with E-state index in [0.29, 0.717) is 37.9 Å². The van der Waals surface area contributed by atoms with Crippen LogP contribution in [-0.2, 0) is 4.79 Å². The summed E-state index contributed by atoms with van der Waals surface area (Å²) < 4.78 is 16.5. The highest BCUT2D eigenvalue weighted by Gasteiger charge is 2.37. The Morgan fingerprint density at radius 3 is 2.26 bits per heavy atom. The Morgan fingerprint density at radius 2 is 1.59 bits per heavy atom. The van der Waals surface area contributed by atoms with E-state index in [-0.39, 0.29) is 5.24 Å². The van der Waals surface area contributed by atoms with Gasteiger partial charge in [0, 0.05) is 4.47 Å². The van der Waals surface area contributed by atoms with Gasteiger partial charge in [-0.15, -0.1) is 0 Å². The Morgan fingerprint density at radius 1 is 0.963 bits per heavy atom. The molecule has 0 unspecified atom stereocenters. The molecule has 1 fully saturated rings. The maximum absolute atomic E-state index is 12.9. The molecule has 1 aliphatic heterocycles. The van der Waals surface area contributed by atoms with Gasteiger partial charge >= 0.3 is 0 Å². The van der Waals surface area contributed by atoms with Crippen molar-refractivity contribution in [1.82, 2.24) is 0 Å². The molecule has 0 atom stereocenters. The number of hydrogen-bond acceptors (Lipinski definition) is 6. The van der Waals surface area contributed by atoms with Gasteiger partial charge < -0.3 is 14.2 Å². The van der Waals surface area contributed by atoms with Crippen molar-refractivity contribution in [3.05, 3.63) is 51.3 Å². The quantitative estimate of drug-likeness (QED) is 0.615. The second kappa shape index (κ2) is 8.06. The molecule has 27 heavy (non-hydrogen) atoms. The number of ether oxygens (including phenoxy) is 3. The van der Waals surface area contributed by atoms with Crippen LogP contribution in [0.15, 0.2) is 45.8 Å². The summed E-state index contributed by atoms with van der Waals surface area (Å²) in [7, 11) is 4.57. The minimum atomic E-state index is -0.406. The Bertz CT molecular complexity index is 944. The average Bonchev–Trinajstić information content (AvgIpc) is 2.96. The van der Waals surface area contributed by atoms with Crippen LogP contribution in [0.2, 0.25) is 0 Å². The van der Waals surface area contributed by atoms with E-state index in [1.54, 1.807) is 49.6 Å². The zero-order valence-electron chi connectivity index (χ0n) is 14.8. The van der Waals surface area contributed by atoms with Gasteiger partial charge in [0.15, 0.2) is 11.5 Å². The lowest BCUT2D eigenvalue weighted by Gasteiger charge is -2.15. The number of carbonyl (C=O) groups is 2. The Kier molecular flexibility index (Phi) is 5.76. The van der Waals surface area contributed by atoms with E-state index in [0.717, 1.165) is 16.7 Å². The van der Waals surface area contributed by atoms with Crippen LogP contribution in [0.1, 0.15) is 5.56 Å². The lowest BCUT2D eigenvalue weighted by Crippen LogP contribution is -2.28. The number of halogens is 1. The summed E-state index contributed by atoms with van der Waals surface area (Å²) in [5.74, 6) is 1.13. The maximum Gasteiger partial charge on any atom is 0.298 e. The van der Waals surface area contributed by atoms with E-state index < -0.39 is 5.91 Å². The number of carbonyl (C=O) groups excluding carboxylic acids is 2. The van der Waals surface area contributed by atoms with Gasteiger partial charge in [0.2, 0.25) is 0 Å². The van der Waals surface area contributed by atoms with E-state index in [1.807, 2.05) is 0 Å². The van der Waals surface area contributed by atoms with Gasteiger partial charge in [-0.3, -0.25) is 9.59 Å². The average molecular weight is 450 g/mol. The van der Waals surface area contributed by atoms with Crippen LogP contribution >= 0.6 is 27.7 Å². The molecule has 0 radical (unpaired) electrons. The molecule has 0 saturated carbocycles. The van der Waals surface area contributed by atoms with Gasteiger partial charge in [0.1, 0.15) is 5.75 Å². The minimum Gasteiger partial charge on any atom is -0.495 e. The van der Waals surface area contributed by atoms with Gasteiger partial charge in [-0.2, -0.15) is 0 Å². The molecule has 0 aliphatic carbocycles. The smallest absolute Gasteiger partial charge is 0.298 e. The number of para-hydroxylation sites is 2. The Labute approximate surface area is 169 Å². The van der Waals surface area contributed by atoms with Crippen molar-refractivity contribution >= 4 is 50.6 Å². The van der Waals surface area contributed by atoms with Crippen molar-refractivity contribution < 1.29 is 23.8 Å². The first kappa shape index (κ1) is 19.3. The fourth-order valence-corrected chi connectivity index (χ4v) is 3.87. The zero-order chi connectivity index (χ0) is 19.6. The molecule has 140 valence electrons. The molecule has 2 aromatic rings. The Balaban J connectivity index is 2.00. The van der Waals surface area contributed by atoms with Crippen molar-refractivity contribution in [2.24, 2.45) is 0 Å². The molecule has 0 N–H and O–H groups in total. The SMILES string of the molecule is COc1cc(Br)c(/C=C2\SC(=O)N(c3ccccc3OC)C2=O)cc1OC. The highest BCUT2D eigenvalue weighted by Crippen LogP contribution is 2.41. The standard InChI is InChI=1S/C19H16BrNO5S/c1-24-14-7-5-4-6-13(14)21-18(22)17(27-19(21)23)9-11-8-15(25-2)16(26-3)10-12(11)20/h4-10H,1-3H3/b17-9-. The van der Waals surface area contributed by atoms with Gasteiger partial charge in [0.25, 0.3) is 11.1 Å². The van der Waals surface area contributed by atoms with Crippen molar-refractivity contribution in [2.75, 3.05) is 26.2 Å². The molecule has 1 aliphatic rings. The lowest BCUT2D eigenvalue weighted by molar-refractivity contribution is -0.113. The third kappa shape index (κ3) is 3.68.